The van der Waals surface area contributed by atoms with Crippen molar-refractivity contribution in [1.82, 2.24) is 10.6 Å². The number of carbonyl (C=O) groups is 3. The van der Waals surface area contributed by atoms with Gasteiger partial charge in [-0.25, -0.2) is 0 Å². The molecule has 5 nitrogen and oxygen atoms in total. The van der Waals surface area contributed by atoms with Crippen LogP contribution in [0, 0.1) is 6.92 Å². The number of rotatable bonds is 5. The zero-order valence-electron chi connectivity index (χ0n) is 11.8. The number of amides is 2. The number of hydrogen-bond donors (Lipinski definition) is 2. The molecule has 112 valence electrons. The summed E-state index contributed by atoms with van der Waals surface area (Å²) in [5, 5.41) is 5.41. The van der Waals surface area contributed by atoms with Crippen LogP contribution in [-0.2, 0) is 9.59 Å². The number of hydrogen-bond acceptors (Lipinski definition) is 4. The van der Waals surface area contributed by atoms with Gasteiger partial charge in [-0.05, 0) is 25.5 Å². The van der Waals surface area contributed by atoms with Gasteiger partial charge in [0, 0.05) is 24.3 Å². The molecule has 0 saturated carbocycles. The molecule has 1 aliphatic rings. The number of benzene rings is 1. The molecular formula is C15H18N2O3S. The van der Waals surface area contributed by atoms with Gasteiger partial charge in [0.25, 0.3) is 5.91 Å². The van der Waals surface area contributed by atoms with E-state index in [9.17, 15) is 14.4 Å². The molecule has 1 heterocycles. The van der Waals surface area contributed by atoms with Crippen molar-refractivity contribution in [1.29, 1.82) is 0 Å². The van der Waals surface area contributed by atoms with E-state index in [-0.39, 0.29) is 35.9 Å². The molecule has 1 saturated heterocycles. The summed E-state index contributed by atoms with van der Waals surface area (Å²) in [5.41, 5.74) is 1.59. The minimum absolute atomic E-state index is 0.0205. The summed E-state index contributed by atoms with van der Waals surface area (Å²) in [7, 11) is 0. The second-order valence-corrected chi connectivity index (χ2v) is 6.05. The molecule has 1 aromatic carbocycles. The lowest BCUT2D eigenvalue weighted by atomic mass is 10.1. The first-order chi connectivity index (χ1) is 10.1. The van der Waals surface area contributed by atoms with Crippen molar-refractivity contribution in [2.75, 3.05) is 12.3 Å². The first-order valence-electron chi connectivity index (χ1n) is 6.87. The first kappa shape index (κ1) is 15.6. The van der Waals surface area contributed by atoms with Crippen molar-refractivity contribution in [2.24, 2.45) is 0 Å². The van der Waals surface area contributed by atoms with Crippen LogP contribution >= 0.6 is 11.8 Å². The average molecular weight is 306 g/mol. The summed E-state index contributed by atoms with van der Waals surface area (Å²) >= 11 is 1.25. The molecule has 2 amide bonds. The Morgan fingerprint density at radius 1 is 1.38 bits per heavy atom. The third kappa shape index (κ3) is 4.60. The van der Waals surface area contributed by atoms with Crippen molar-refractivity contribution < 1.29 is 14.4 Å². The maximum absolute atomic E-state index is 11.9. The minimum atomic E-state index is -0.366. The molecule has 1 fully saturated rings. The van der Waals surface area contributed by atoms with Crippen molar-refractivity contribution >= 4 is 28.7 Å². The van der Waals surface area contributed by atoms with Gasteiger partial charge in [-0.15, -0.1) is 0 Å². The van der Waals surface area contributed by atoms with Crippen molar-refractivity contribution in [3.8, 4) is 0 Å². The Morgan fingerprint density at radius 2 is 2.19 bits per heavy atom. The Hall–Kier alpha value is -1.82. The Bertz CT molecular complexity index is 560. The highest BCUT2D eigenvalue weighted by atomic mass is 32.2. The van der Waals surface area contributed by atoms with E-state index >= 15 is 0 Å². The third-order valence-electron chi connectivity index (χ3n) is 3.19. The molecule has 0 bridgehead atoms. The van der Waals surface area contributed by atoms with Crippen LogP contribution < -0.4 is 10.6 Å². The molecule has 2 N–H and O–H groups in total. The second kappa shape index (κ2) is 7.26. The highest BCUT2D eigenvalue weighted by Crippen LogP contribution is 2.19. The summed E-state index contributed by atoms with van der Waals surface area (Å²) in [6.45, 7) is 2.17. The quantitative estimate of drug-likeness (QED) is 0.859. The predicted octanol–water partition coefficient (Wildman–Crippen LogP) is 1.26. The lowest BCUT2D eigenvalue weighted by Crippen LogP contribution is -2.39. The number of nitrogens with one attached hydrogen (secondary N) is 2. The van der Waals surface area contributed by atoms with Crippen molar-refractivity contribution in [3.63, 3.8) is 0 Å². The molecular weight excluding hydrogens is 288 g/mol. The number of carbonyl (C=O) groups excluding carboxylic acids is 3. The van der Waals surface area contributed by atoms with Crippen LogP contribution in [0.1, 0.15) is 28.8 Å². The van der Waals surface area contributed by atoms with Crippen LogP contribution in [0.4, 0.5) is 0 Å². The lowest BCUT2D eigenvalue weighted by molar-refractivity contribution is -0.124. The third-order valence-corrected chi connectivity index (χ3v) is 4.20. The topological polar surface area (TPSA) is 75.3 Å². The fraction of sp³-hybridized carbons (Fsp3) is 0.400. The molecule has 2 rings (SSSR count). The van der Waals surface area contributed by atoms with Crippen molar-refractivity contribution in [3.05, 3.63) is 35.4 Å². The summed E-state index contributed by atoms with van der Waals surface area (Å²) in [6, 6.07) is 6.90. The molecule has 6 heteroatoms. The molecule has 1 aromatic rings. The maximum atomic E-state index is 11.9. The smallest absolute Gasteiger partial charge is 0.251 e. The molecule has 0 aromatic heterocycles. The van der Waals surface area contributed by atoms with Crippen LogP contribution in [-0.4, -0.2) is 35.3 Å². The Morgan fingerprint density at radius 3 is 2.86 bits per heavy atom. The molecule has 0 radical (unpaired) electrons. The predicted molar refractivity (Wildman–Crippen MR) is 82.1 cm³/mol. The Labute approximate surface area is 127 Å². The fourth-order valence-electron chi connectivity index (χ4n) is 2.07. The van der Waals surface area contributed by atoms with Gasteiger partial charge >= 0.3 is 0 Å². The molecule has 21 heavy (non-hydrogen) atoms. The highest BCUT2D eigenvalue weighted by molar-refractivity contribution is 8.14. The molecule has 0 aliphatic carbocycles. The molecule has 1 atom stereocenters. The normalized spacial score (nSPS) is 17.6. The monoisotopic (exact) mass is 306 g/mol. The molecule has 0 spiro atoms. The van der Waals surface area contributed by atoms with Gasteiger partial charge in [0.1, 0.15) is 0 Å². The fourth-order valence-corrected chi connectivity index (χ4v) is 3.00. The van der Waals surface area contributed by atoms with Crippen LogP contribution in [0.25, 0.3) is 0 Å². The van der Waals surface area contributed by atoms with E-state index in [1.54, 1.807) is 12.1 Å². The van der Waals surface area contributed by atoms with E-state index in [0.717, 1.165) is 11.3 Å². The summed E-state index contributed by atoms with van der Waals surface area (Å²) in [6.07, 6.45) is 0.858. The largest absolute Gasteiger partial charge is 0.352 e. The van der Waals surface area contributed by atoms with Gasteiger partial charge in [0.2, 0.25) is 11.0 Å². The molecule has 1 aliphatic heterocycles. The van der Waals surface area contributed by atoms with E-state index in [0.29, 0.717) is 12.0 Å². The van der Waals surface area contributed by atoms with Gasteiger partial charge < -0.3 is 10.6 Å². The van der Waals surface area contributed by atoms with Gasteiger partial charge in [0.15, 0.2) is 0 Å². The average Bonchev–Trinajstić information content (AvgIpc) is 2.84. The first-order valence-corrected chi connectivity index (χ1v) is 7.85. The second-order valence-electron chi connectivity index (χ2n) is 4.95. The Kier molecular flexibility index (Phi) is 5.38. The highest BCUT2D eigenvalue weighted by Gasteiger charge is 2.26. The number of aryl methyl sites for hydroxylation is 1. The lowest BCUT2D eigenvalue weighted by Gasteiger charge is -2.10. The van der Waals surface area contributed by atoms with E-state index in [2.05, 4.69) is 10.6 Å². The number of thioether (sulfide) groups is 1. The van der Waals surface area contributed by atoms with Gasteiger partial charge in [-0.1, -0.05) is 29.5 Å². The standard InChI is InChI=1S/C15H18N2O3S/c1-10-3-2-4-11(9-10)14(19)16-7-5-13(18)17-12-6-8-21-15(12)20/h2-4,9,12H,5-8H2,1H3,(H,16,19)(H,17,18). The van der Waals surface area contributed by atoms with E-state index < -0.39 is 0 Å². The van der Waals surface area contributed by atoms with Crippen LogP contribution in [0.15, 0.2) is 24.3 Å². The van der Waals surface area contributed by atoms with Gasteiger partial charge in [0.05, 0.1) is 6.04 Å². The van der Waals surface area contributed by atoms with Crippen LogP contribution in [0.2, 0.25) is 0 Å². The van der Waals surface area contributed by atoms with Gasteiger partial charge in [-0.3, -0.25) is 14.4 Å². The summed E-state index contributed by atoms with van der Waals surface area (Å²) in [5.74, 6) is 0.354. The summed E-state index contributed by atoms with van der Waals surface area (Å²) < 4.78 is 0. The van der Waals surface area contributed by atoms with E-state index in [1.165, 1.54) is 11.8 Å². The van der Waals surface area contributed by atoms with Gasteiger partial charge in [-0.2, -0.15) is 0 Å². The van der Waals surface area contributed by atoms with Crippen molar-refractivity contribution in [2.45, 2.75) is 25.8 Å². The zero-order valence-corrected chi connectivity index (χ0v) is 12.7. The minimum Gasteiger partial charge on any atom is -0.352 e. The summed E-state index contributed by atoms with van der Waals surface area (Å²) in [4.78, 5) is 35.0. The van der Waals surface area contributed by atoms with Crippen LogP contribution in [0.5, 0.6) is 0 Å². The maximum Gasteiger partial charge on any atom is 0.251 e. The SMILES string of the molecule is Cc1cccc(C(=O)NCCC(=O)NC2CCSC2=O)c1. The van der Waals surface area contributed by atoms with E-state index in [1.807, 2.05) is 19.1 Å². The van der Waals surface area contributed by atoms with E-state index in [4.69, 9.17) is 0 Å². The zero-order chi connectivity index (χ0) is 15.2. The molecule has 1 unspecified atom stereocenters. The Balaban J connectivity index is 1.72. The van der Waals surface area contributed by atoms with Crippen LogP contribution in [0.3, 0.4) is 0 Å².